The molecule has 0 aromatic heterocycles. The summed E-state index contributed by atoms with van der Waals surface area (Å²) >= 11 is 0. The van der Waals surface area contributed by atoms with E-state index < -0.39 is 39.4 Å². The second kappa shape index (κ2) is 8.78. The van der Waals surface area contributed by atoms with Crippen molar-refractivity contribution >= 4 is 21.2 Å². The molecule has 0 aliphatic heterocycles. The first-order valence-electron chi connectivity index (χ1n) is 11.4. The highest BCUT2D eigenvalue weighted by Crippen LogP contribution is 2.63. The molecule has 0 unspecified atom stereocenters. The number of ether oxygens (including phenoxy) is 1. The number of fused-ring (bicyclic) bond motifs is 5. The Morgan fingerprint density at radius 2 is 1.82 bits per heavy atom. The van der Waals surface area contributed by atoms with Crippen LogP contribution in [-0.4, -0.2) is 42.2 Å². The number of aryl methyl sites for hydroxylation is 1. The summed E-state index contributed by atoms with van der Waals surface area (Å²) in [4.78, 5) is 49.5. The molecule has 1 aromatic carbocycles. The normalized spacial score (nSPS) is 31.6. The van der Waals surface area contributed by atoms with Crippen LogP contribution in [0.3, 0.4) is 0 Å². The Labute approximate surface area is 192 Å². The molecular formula is C22H32O9P2. The van der Waals surface area contributed by atoms with E-state index in [-0.39, 0.29) is 11.5 Å². The summed E-state index contributed by atoms with van der Waals surface area (Å²) in [7, 11) is -10.1. The summed E-state index contributed by atoms with van der Waals surface area (Å²) in [6.07, 6.45) is 4.00. The molecule has 11 heteroatoms. The first kappa shape index (κ1) is 24.9. The molecule has 5 N–H and O–H groups in total. The number of carbonyl (C=O) groups excluding carboxylic acids is 1. The standard InChI is InChI=1S/C22H32O9P2/c1-22-11-10-16-15-5-3-14(23)12-13(15)2-4-17(16)18(22)6-7-19(22)31-20(24)8-9-21(32(25,26)27)33(28,29)30/h3,5,12,16-19,21,23H,2,4,6-11H2,1H3,(H2,25,26,27)(H2,28,29,30)/t16-,17-,18+,19+,22+/m1/s1. The SMILES string of the molecule is C[C@]12CC[C@@H]3c4ccc(O)cc4CC[C@H]3[C@@H]1CC[C@@H]2OC(=O)CCC(P(=O)(O)O)P(=O)(O)O. The highest BCUT2D eigenvalue weighted by molar-refractivity contribution is 7.70. The first-order chi connectivity index (χ1) is 15.3. The number of esters is 1. The molecule has 0 radical (unpaired) electrons. The quantitative estimate of drug-likeness (QED) is 0.289. The molecular weight excluding hydrogens is 470 g/mol. The van der Waals surface area contributed by atoms with E-state index in [0.29, 0.717) is 29.9 Å². The fraction of sp³-hybridized carbons (Fsp3) is 0.682. The van der Waals surface area contributed by atoms with E-state index in [0.717, 1.165) is 32.1 Å². The van der Waals surface area contributed by atoms with Gasteiger partial charge in [0.2, 0.25) is 0 Å². The van der Waals surface area contributed by atoms with Crippen molar-refractivity contribution in [1.29, 1.82) is 0 Å². The predicted octanol–water partition coefficient (Wildman–Crippen LogP) is 3.62. The molecule has 184 valence electrons. The van der Waals surface area contributed by atoms with Gasteiger partial charge >= 0.3 is 21.2 Å². The zero-order chi connectivity index (χ0) is 24.2. The summed E-state index contributed by atoms with van der Waals surface area (Å²) < 4.78 is 28.6. The van der Waals surface area contributed by atoms with E-state index in [1.165, 1.54) is 11.1 Å². The van der Waals surface area contributed by atoms with Crippen molar-refractivity contribution in [2.24, 2.45) is 17.3 Å². The molecule has 0 bridgehead atoms. The molecule has 0 spiro atoms. The molecule has 2 saturated carbocycles. The average molecular weight is 502 g/mol. The van der Waals surface area contributed by atoms with Gasteiger partial charge in [-0.2, -0.15) is 0 Å². The van der Waals surface area contributed by atoms with Crippen LogP contribution in [0.5, 0.6) is 5.75 Å². The lowest BCUT2D eigenvalue weighted by molar-refractivity contribution is -0.157. The van der Waals surface area contributed by atoms with E-state index in [9.17, 15) is 38.6 Å². The maximum atomic E-state index is 12.5. The molecule has 9 nitrogen and oxygen atoms in total. The van der Waals surface area contributed by atoms with Crippen molar-refractivity contribution in [2.75, 3.05) is 0 Å². The second-order valence-corrected chi connectivity index (χ2v) is 14.1. The third kappa shape index (κ3) is 4.82. The van der Waals surface area contributed by atoms with Crippen molar-refractivity contribution < 1.29 is 43.3 Å². The van der Waals surface area contributed by atoms with E-state index >= 15 is 0 Å². The van der Waals surface area contributed by atoms with Crippen molar-refractivity contribution in [3.05, 3.63) is 29.3 Å². The van der Waals surface area contributed by atoms with Gasteiger partial charge in [-0.25, -0.2) is 0 Å². The fourth-order valence-corrected chi connectivity index (χ4v) is 9.21. The van der Waals surface area contributed by atoms with Crippen LogP contribution in [0.25, 0.3) is 0 Å². The number of hydrogen-bond donors (Lipinski definition) is 5. The van der Waals surface area contributed by atoms with E-state index in [4.69, 9.17) is 4.74 Å². The third-order valence-corrected chi connectivity index (χ3v) is 12.2. The lowest BCUT2D eigenvalue weighted by atomic mass is 9.55. The lowest BCUT2D eigenvalue weighted by Crippen LogP contribution is -2.45. The topological polar surface area (TPSA) is 162 Å². The fourth-order valence-electron chi connectivity index (χ4n) is 6.71. The van der Waals surface area contributed by atoms with Crippen molar-refractivity contribution in [3.63, 3.8) is 0 Å². The van der Waals surface area contributed by atoms with Gasteiger partial charge in [0.25, 0.3) is 0 Å². The highest BCUT2D eigenvalue weighted by Gasteiger charge is 2.56. The van der Waals surface area contributed by atoms with Crippen LogP contribution >= 0.6 is 15.2 Å². The van der Waals surface area contributed by atoms with Gasteiger partial charge in [0.1, 0.15) is 11.9 Å². The van der Waals surface area contributed by atoms with Crippen molar-refractivity contribution in [3.8, 4) is 5.75 Å². The molecule has 0 amide bonds. The number of phenolic OH excluding ortho intramolecular Hbond substituents is 1. The maximum absolute atomic E-state index is 12.5. The number of carbonyl (C=O) groups is 1. The largest absolute Gasteiger partial charge is 0.508 e. The van der Waals surface area contributed by atoms with Gasteiger partial charge in [-0.3, -0.25) is 13.9 Å². The van der Waals surface area contributed by atoms with Crippen LogP contribution in [0.4, 0.5) is 0 Å². The molecule has 1 aromatic rings. The Bertz CT molecular complexity index is 993. The number of aromatic hydroxyl groups is 1. The van der Waals surface area contributed by atoms with Gasteiger partial charge in [0.05, 0.1) is 0 Å². The zero-order valence-corrected chi connectivity index (χ0v) is 20.3. The zero-order valence-electron chi connectivity index (χ0n) is 18.5. The van der Waals surface area contributed by atoms with Crippen molar-refractivity contribution in [1.82, 2.24) is 0 Å². The number of benzene rings is 1. The molecule has 4 rings (SSSR count). The van der Waals surface area contributed by atoms with Gasteiger partial charge in [0, 0.05) is 11.8 Å². The minimum absolute atomic E-state index is 0.197. The minimum atomic E-state index is -5.06. The monoisotopic (exact) mass is 502 g/mol. The van der Waals surface area contributed by atoms with Gasteiger partial charge in [-0.1, -0.05) is 13.0 Å². The van der Waals surface area contributed by atoms with Gasteiger partial charge < -0.3 is 29.4 Å². The van der Waals surface area contributed by atoms with Gasteiger partial charge in [0.15, 0.2) is 5.40 Å². The molecule has 2 fully saturated rings. The Kier molecular flexibility index (Phi) is 6.62. The third-order valence-electron chi connectivity index (χ3n) is 8.28. The molecule has 3 aliphatic carbocycles. The molecule has 33 heavy (non-hydrogen) atoms. The van der Waals surface area contributed by atoms with Crippen LogP contribution < -0.4 is 0 Å². The molecule has 0 saturated heterocycles. The molecule has 0 heterocycles. The summed E-state index contributed by atoms with van der Waals surface area (Å²) in [6.45, 7) is 2.15. The van der Waals surface area contributed by atoms with Crippen LogP contribution in [0.1, 0.15) is 68.9 Å². The number of phenols is 1. The Morgan fingerprint density at radius 1 is 1.12 bits per heavy atom. The van der Waals surface area contributed by atoms with E-state index in [1.54, 1.807) is 6.07 Å². The number of rotatable bonds is 6. The predicted molar refractivity (Wildman–Crippen MR) is 120 cm³/mol. The minimum Gasteiger partial charge on any atom is -0.508 e. The maximum Gasteiger partial charge on any atom is 0.340 e. The molecule has 5 atom stereocenters. The van der Waals surface area contributed by atoms with E-state index in [1.807, 2.05) is 12.1 Å². The Hall–Kier alpha value is -1.21. The van der Waals surface area contributed by atoms with E-state index in [2.05, 4.69) is 6.92 Å². The summed E-state index contributed by atoms with van der Waals surface area (Å²) in [6, 6.07) is 5.65. The van der Waals surface area contributed by atoms with Crippen molar-refractivity contribution in [2.45, 2.75) is 75.7 Å². The average Bonchev–Trinajstić information content (AvgIpc) is 3.02. The Balaban J connectivity index is 1.42. The molecule has 3 aliphatic rings. The van der Waals surface area contributed by atoms with Crippen LogP contribution in [0, 0.1) is 17.3 Å². The highest BCUT2D eigenvalue weighted by atomic mass is 31.2. The lowest BCUT2D eigenvalue weighted by Gasteiger charge is -2.50. The smallest absolute Gasteiger partial charge is 0.340 e. The second-order valence-electron chi connectivity index (χ2n) is 10.1. The van der Waals surface area contributed by atoms with Crippen LogP contribution in [0.15, 0.2) is 18.2 Å². The van der Waals surface area contributed by atoms with Crippen LogP contribution in [0.2, 0.25) is 0 Å². The summed E-state index contributed by atoms with van der Waals surface area (Å²) in [5.41, 5.74) is 2.33. The first-order valence-corrected chi connectivity index (χ1v) is 14.8. The Morgan fingerprint density at radius 3 is 2.48 bits per heavy atom. The van der Waals surface area contributed by atoms with Gasteiger partial charge in [-0.05, 0) is 86.0 Å². The number of hydrogen-bond acceptors (Lipinski definition) is 5. The summed E-state index contributed by atoms with van der Waals surface area (Å²) in [5.74, 6) is 0.891. The van der Waals surface area contributed by atoms with Crippen LogP contribution in [-0.2, 0) is 25.1 Å². The summed E-state index contributed by atoms with van der Waals surface area (Å²) in [5, 5.41) is 7.63. The van der Waals surface area contributed by atoms with Gasteiger partial charge in [-0.15, -0.1) is 0 Å².